The van der Waals surface area contributed by atoms with Crippen LogP contribution in [0.1, 0.15) is 61.4 Å². The standard InChI is InChI=1S/C24H28N2O4S/c1-13-18(21(23(28)29)30-24(2,3)4)19(14-10-11-17(27)26(5)12-14)20-15-8-6-7-9-16(15)31-22(20)25-13/h10-12,21H,6-9H2,1-5H3,(H,28,29). The number of ether oxygens (including phenoxy) is 1. The number of hydrogen-bond acceptors (Lipinski definition) is 5. The van der Waals surface area contributed by atoms with E-state index in [1.165, 1.54) is 21.1 Å². The summed E-state index contributed by atoms with van der Waals surface area (Å²) in [6.45, 7) is 7.40. The third kappa shape index (κ3) is 4.04. The maximum absolute atomic E-state index is 12.4. The number of thiophene rings is 1. The molecule has 3 aromatic heterocycles. The monoisotopic (exact) mass is 440 g/mol. The van der Waals surface area contributed by atoms with Gasteiger partial charge in [0.25, 0.3) is 0 Å². The number of aryl methyl sites for hydroxylation is 4. The molecule has 4 rings (SSSR count). The summed E-state index contributed by atoms with van der Waals surface area (Å²) >= 11 is 1.70. The zero-order chi connectivity index (χ0) is 22.5. The predicted molar refractivity (Wildman–Crippen MR) is 123 cm³/mol. The van der Waals surface area contributed by atoms with Crippen LogP contribution in [-0.4, -0.2) is 26.2 Å². The molecule has 1 atom stereocenters. The number of aliphatic carboxylic acids is 1. The Labute approximate surface area is 185 Å². The van der Waals surface area contributed by atoms with E-state index in [4.69, 9.17) is 9.72 Å². The number of rotatable bonds is 4. The molecule has 6 nitrogen and oxygen atoms in total. The van der Waals surface area contributed by atoms with Gasteiger partial charge in [-0.15, -0.1) is 11.3 Å². The van der Waals surface area contributed by atoms with Gasteiger partial charge in [0.2, 0.25) is 5.56 Å². The molecule has 0 aliphatic heterocycles. The minimum Gasteiger partial charge on any atom is -0.479 e. The van der Waals surface area contributed by atoms with Crippen molar-refractivity contribution in [2.45, 2.75) is 65.1 Å². The summed E-state index contributed by atoms with van der Waals surface area (Å²) in [5.41, 5.74) is 3.35. The molecule has 31 heavy (non-hydrogen) atoms. The maximum Gasteiger partial charge on any atom is 0.337 e. The molecule has 0 saturated carbocycles. The second-order valence-corrected chi connectivity index (χ2v) is 10.3. The third-order valence-electron chi connectivity index (χ3n) is 5.66. The number of hydrogen-bond donors (Lipinski definition) is 1. The van der Waals surface area contributed by atoms with Crippen LogP contribution >= 0.6 is 11.3 Å². The number of pyridine rings is 2. The van der Waals surface area contributed by atoms with Gasteiger partial charge in [-0.25, -0.2) is 9.78 Å². The first-order chi connectivity index (χ1) is 14.6. The van der Waals surface area contributed by atoms with Gasteiger partial charge < -0.3 is 14.4 Å². The van der Waals surface area contributed by atoms with E-state index in [2.05, 4.69) is 0 Å². The zero-order valence-corrected chi connectivity index (χ0v) is 19.4. The molecule has 0 spiro atoms. The number of carboxylic acid groups (broad SMARTS) is 1. The van der Waals surface area contributed by atoms with Gasteiger partial charge in [-0.05, 0) is 70.6 Å². The fourth-order valence-electron chi connectivity index (χ4n) is 4.36. The smallest absolute Gasteiger partial charge is 0.337 e. The molecule has 3 heterocycles. The number of nitrogens with zero attached hydrogens (tertiary/aromatic N) is 2. The molecule has 1 aliphatic carbocycles. The lowest BCUT2D eigenvalue weighted by molar-refractivity contribution is -0.160. The van der Waals surface area contributed by atoms with Crippen molar-refractivity contribution in [1.82, 2.24) is 9.55 Å². The highest BCUT2D eigenvalue weighted by Crippen LogP contribution is 2.45. The largest absolute Gasteiger partial charge is 0.479 e. The van der Waals surface area contributed by atoms with Crippen molar-refractivity contribution in [3.63, 3.8) is 0 Å². The Hall–Kier alpha value is -2.51. The van der Waals surface area contributed by atoms with Crippen molar-refractivity contribution in [3.05, 3.63) is 50.4 Å². The molecule has 3 aromatic rings. The Kier molecular flexibility index (Phi) is 5.52. The van der Waals surface area contributed by atoms with Crippen LogP contribution in [0.2, 0.25) is 0 Å². The van der Waals surface area contributed by atoms with Crippen LogP contribution in [-0.2, 0) is 29.4 Å². The fourth-order valence-corrected chi connectivity index (χ4v) is 5.68. The van der Waals surface area contributed by atoms with Gasteiger partial charge in [-0.1, -0.05) is 0 Å². The van der Waals surface area contributed by atoms with Gasteiger partial charge in [-0.2, -0.15) is 0 Å². The minimum absolute atomic E-state index is 0.111. The highest BCUT2D eigenvalue weighted by atomic mass is 32.1. The van der Waals surface area contributed by atoms with E-state index in [-0.39, 0.29) is 5.56 Å². The van der Waals surface area contributed by atoms with E-state index in [0.29, 0.717) is 11.3 Å². The van der Waals surface area contributed by atoms with E-state index >= 15 is 0 Å². The van der Waals surface area contributed by atoms with Gasteiger partial charge in [0.05, 0.1) is 5.60 Å². The predicted octanol–water partition coefficient (Wildman–Crippen LogP) is 4.79. The Morgan fingerprint density at radius 2 is 1.97 bits per heavy atom. The summed E-state index contributed by atoms with van der Waals surface area (Å²) in [4.78, 5) is 31.6. The molecular formula is C24H28N2O4S. The van der Waals surface area contributed by atoms with Crippen molar-refractivity contribution in [2.75, 3.05) is 0 Å². The maximum atomic E-state index is 12.4. The molecule has 0 radical (unpaired) electrons. The van der Waals surface area contributed by atoms with Gasteiger partial charge in [-0.3, -0.25) is 4.79 Å². The number of aromatic nitrogens is 2. The molecule has 0 aromatic carbocycles. The second-order valence-electron chi connectivity index (χ2n) is 9.19. The molecule has 0 amide bonds. The average molecular weight is 441 g/mol. The Morgan fingerprint density at radius 3 is 2.61 bits per heavy atom. The van der Waals surface area contributed by atoms with Crippen LogP contribution in [0.15, 0.2) is 23.1 Å². The summed E-state index contributed by atoms with van der Waals surface area (Å²) in [6.07, 6.45) is 4.86. The molecule has 0 bridgehead atoms. The lowest BCUT2D eigenvalue weighted by atomic mass is 9.88. The summed E-state index contributed by atoms with van der Waals surface area (Å²) in [6, 6.07) is 3.31. The molecule has 0 saturated heterocycles. The minimum atomic E-state index is -1.16. The number of carboxylic acids is 1. The molecule has 7 heteroatoms. The number of fused-ring (bicyclic) bond motifs is 3. The highest BCUT2D eigenvalue weighted by Gasteiger charge is 2.34. The van der Waals surface area contributed by atoms with Crippen molar-refractivity contribution >= 4 is 27.5 Å². The topological polar surface area (TPSA) is 81.4 Å². The Morgan fingerprint density at radius 1 is 1.26 bits per heavy atom. The van der Waals surface area contributed by atoms with Gasteiger partial charge in [0.1, 0.15) is 4.83 Å². The van der Waals surface area contributed by atoms with Crippen LogP contribution in [0.4, 0.5) is 0 Å². The van der Waals surface area contributed by atoms with E-state index in [1.807, 2.05) is 27.7 Å². The highest BCUT2D eigenvalue weighted by molar-refractivity contribution is 7.19. The molecule has 0 fully saturated rings. The third-order valence-corrected chi connectivity index (χ3v) is 6.85. The van der Waals surface area contributed by atoms with Crippen LogP contribution < -0.4 is 5.56 Å². The molecule has 1 aliphatic rings. The quantitative estimate of drug-likeness (QED) is 0.631. The Bertz CT molecular complexity index is 1230. The molecule has 1 N–H and O–H groups in total. The Balaban J connectivity index is 2.11. The van der Waals surface area contributed by atoms with Crippen molar-refractivity contribution in [3.8, 4) is 11.1 Å². The average Bonchev–Trinajstić information content (AvgIpc) is 3.04. The SMILES string of the molecule is Cc1nc2sc3c(c2c(-c2ccc(=O)n(C)c2)c1C(OC(C)(C)C)C(=O)O)CCCC3. The second kappa shape index (κ2) is 7.88. The summed E-state index contributed by atoms with van der Waals surface area (Å²) < 4.78 is 7.57. The van der Waals surface area contributed by atoms with E-state index in [0.717, 1.165) is 47.0 Å². The molecule has 164 valence electrons. The fraction of sp³-hybridized carbons (Fsp3) is 0.458. The number of carbonyl (C=O) groups is 1. The first-order valence-electron chi connectivity index (χ1n) is 10.6. The first-order valence-corrected chi connectivity index (χ1v) is 11.4. The van der Waals surface area contributed by atoms with Crippen molar-refractivity contribution in [1.29, 1.82) is 0 Å². The van der Waals surface area contributed by atoms with E-state index in [1.54, 1.807) is 30.6 Å². The van der Waals surface area contributed by atoms with Gasteiger partial charge in [0.15, 0.2) is 6.10 Å². The zero-order valence-electron chi connectivity index (χ0n) is 18.6. The van der Waals surface area contributed by atoms with Crippen LogP contribution in [0, 0.1) is 6.92 Å². The van der Waals surface area contributed by atoms with Crippen molar-refractivity contribution in [2.24, 2.45) is 7.05 Å². The molecular weight excluding hydrogens is 412 g/mol. The van der Waals surface area contributed by atoms with Crippen LogP contribution in [0.25, 0.3) is 21.3 Å². The normalized spacial score (nSPS) is 15.1. The van der Waals surface area contributed by atoms with Gasteiger partial charge in [0, 0.05) is 46.4 Å². The van der Waals surface area contributed by atoms with Crippen LogP contribution in [0.5, 0.6) is 0 Å². The first kappa shape index (κ1) is 21.7. The van der Waals surface area contributed by atoms with Gasteiger partial charge >= 0.3 is 5.97 Å². The lowest BCUT2D eigenvalue weighted by Gasteiger charge is -2.28. The lowest BCUT2D eigenvalue weighted by Crippen LogP contribution is -2.28. The van der Waals surface area contributed by atoms with E-state index < -0.39 is 17.7 Å². The summed E-state index contributed by atoms with van der Waals surface area (Å²) in [7, 11) is 1.71. The summed E-state index contributed by atoms with van der Waals surface area (Å²) in [5.74, 6) is -1.05. The summed E-state index contributed by atoms with van der Waals surface area (Å²) in [5, 5.41) is 11.2. The van der Waals surface area contributed by atoms with Crippen molar-refractivity contribution < 1.29 is 14.6 Å². The van der Waals surface area contributed by atoms with Crippen LogP contribution in [0.3, 0.4) is 0 Å². The van der Waals surface area contributed by atoms with E-state index in [9.17, 15) is 14.7 Å². The molecule has 1 unspecified atom stereocenters.